The third-order valence-corrected chi connectivity index (χ3v) is 3.19. The number of aromatic nitrogens is 3. The first kappa shape index (κ1) is 13.8. The standard InChI is InChI=1S/C13H17ClN4O/c1-4-15-13(11-8-16-17-18(11)2)10-7-9(14)5-6-12(10)19-3/h5-8,13,15H,4H2,1-3H3. The molecule has 0 bridgehead atoms. The van der Waals surface area contributed by atoms with E-state index in [1.54, 1.807) is 18.0 Å². The van der Waals surface area contributed by atoms with Gasteiger partial charge in [-0.25, -0.2) is 0 Å². The van der Waals surface area contributed by atoms with Crippen molar-refractivity contribution >= 4 is 11.6 Å². The van der Waals surface area contributed by atoms with Crippen LogP contribution in [-0.4, -0.2) is 28.6 Å². The summed E-state index contributed by atoms with van der Waals surface area (Å²) in [4.78, 5) is 0. The van der Waals surface area contributed by atoms with Crippen molar-refractivity contribution in [1.29, 1.82) is 0 Å². The van der Waals surface area contributed by atoms with Crippen LogP contribution in [0.2, 0.25) is 5.02 Å². The molecule has 102 valence electrons. The predicted molar refractivity (Wildman–Crippen MR) is 74.5 cm³/mol. The fraction of sp³-hybridized carbons (Fsp3) is 0.385. The fourth-order valence-corrected chi connectivity index (χ4v) is 2.25. The van der Waals surface area contributed by atoms with Gasteiger partial charge in [-0.15, -0.1) is 5.10 Å². The molecule has 0 aliphatic carbocycles. The molecule has 0 amide bonds. The molecule has 1 heterocycles. The number of methoxy groups -OCH3 is 1. The highest BCUT2D eigenvalue weighted by molar-refractivity contribution is 6.30. The Balaban J connectivity index is 2.50. The zero-order valence-electron chi connectivity index (χ0n) is 11.2. The Labute approximate surface area is 117 Å². The monoisotopic (exact) mass is 280 g/mol. The van der Waals surface area contributed by atoms with Crippen LogP contribution in [-0.2, 0) is 7.05 Å². The minimum atomic E-state index is -0.0568. The highest BCUT2D eigenvalue weighted by Gasteiger charge is 2.21. The summed E-state index contributed by atoms with van der Waals surface area (Å²) in [6.45, 7) is 2.86. The molecule has 2 aromatic rings. The number of halogens is 1. The summed E-state index contributed by atoms with van der Waals surface area (Å²) < 4.78 is 7.16. The van der Waals surface area contributed by atoms with Gasteiger partial charge in [-0.05, 0) is 24.7 Å². The molecule has 0 saturated carbocycles. The van der Waals surface area contributed by atoms with E-state index in [2.05, 4.69) is 15.6 Å². The Morgan fingerprint density at radius 1 is 1.47 bits per heavy atom. The summed E-state index contributed by atoms with van der Waals surface area (Å²) in [6.07, 6.45) is 1.74. The van der Waals surface area contributed by atoms with Crippen LogP contribution in [0, 0.1) is 0 Å². The zero-order valence-corrected chi connectivity index (χ0v) is 12.0. The maximum absolute atomic E-state index is 6.10. The van der Waals surface area contributed by atoms with E-state index in [0.29, 0.717) is 5.02 Å². The molecule has 0 aliphatic rings. The topological polar surface area (TPSA) is 52.0 Å². The van der Waals surface area contributed by atoms with Crippen molar-refractivity contribution in [3.8, 4) is 5.75 Å². The van der Waals surface area contributed by atoms with E-state index in [0.717, 1.165) is 23.6 Å². The van der Waals surface area contributed by atoms with Crippen LogP contribution in [0.1, 0.15) is 24.2 Å². The van der Waals surface area contributed by atoms with Crippen molar-refractivity contribution in [2.24, 2.45) is 7.05 Å². The van der Waals surface area contributed by atoms with Crippen LogP contribution < -0.4 is 10.1 Å². The summed E-state index contributed by atoms with van der Waals surface area (Å²) in [5, 5.41) is 12.0. The van der Waals surface area contributed by atoms with E-state index in [1.165, 1.54) is 0 Å². The minimum absolute atomic E-state index is 0.0568. The number of nitrogens with zero attached hydrogens (tertiary/aromatic N) is 3. The molecular formula is C13H17ClN4O. The van der Waals surface area contributed by atoms with Gasteiger partial charge in [-0.2, -0.15) is 0 Å². The number of ether oxygens (including phenoxy) is 1. The van der Waals surface area contributed by atoms with Gasteiger partial charge in [0.25, 0.3) is 0 Å². The number of benzene rings is 1. The van der Waals surface area contributed by atoms with Gasteiger partial charge in [0, 0.05) is 17.6 Å². The molecule has 0 aliphatic heterocycles. The Hall–Kier alpha value is -1.59. The largest absolute Gasteiger partial charge is 0.496 e. The van der Waals surface area contributed by atoms with Gasteiger partial charge in [0.15, 0.2) is 0 Å². The maximum atomic E-state index is 6.10. The second kappa shape index (κ2) is 6.04. The van der Waals surface area contributed by atoms with Crippen LogP contribution in [0.25, 0.3) is 0 Å². The van der Waals surface area contributed by atoms with Crippen LogP contribution in [0.3, 0.4) is 0 Å². The van der Waals surface area contributed by atoms with Crippen molar-refractivity contribution in [2.75, 3.05) is 13.7 Å². The average molecular weight is 281 g/mol. The first-order valence-corrected chi connectivity index (χ1v) is 6.46. The molecule has 1 N–H and O–H groups in total. The second-order valence-corrected chi connectivity index (χ2v) is 4.60. The van der Waals surface area contributed by atoms with E-state index in [1.807, 2.05) is 32.2 Å². The van der Waals surface area contributed by atoms with Crippen LogP contribution in [0.5, 0.6) is 5.75 Å². The summed E-state index contributed by atoms with van der Waals surface area (Å²) in [7, 11) is 3.51. The molecule has 5 nitrogen and oxygen atoms in total. The molecule has 1 unspecified atom stereocenters. The molecule has 0 spiro atoms. The molecule has 2 rings (SSSR count). The Bertz CT molecular complexity index is 555. The van der Waals surface area contributed by atoms with Gasteiger partial charge in [0.05, 0.1) is 25.0 Å². The van der Waals surface area contributed by atoms with Crippen LogP contribution in [0.15, 0.2) is 24.4 Å². The van der Waals surface area contributed by atoms with Crippen LogP contribution >= 0.6 is 11.6 Å². The Kier molecular flexibility index (Phi) is 4.39. The lowest BCUT2D eigenvalue weighted by molar-refractivity contribution is 0.402. The first-order valence-electron chi connectivity index (χ1n) is 6.08. The number of hydrogen-bond donors (Lipinski definition) is 1. The molecule has 1 atom stereocenters. The molecule has 6 heteroatoms. The van der Waals surface area contributed by atoms with Crippen molar-refractivity contribution < 1.29 is 4.74 Å². The first-order chi connectivity index (χ1) is 9.17. The predicted octanol–water partition coefficient (Wildman–Crippen LogP) is 2.18. The maximum Gasteiger partial charge on any atom is 0.124 e. The van der Waals surface area contributed by atoms with E-state index in [9.17, 15) is 0 Å². The SMILES string of the molecule is CCNC(c1cc(Cl)ccc1OC)c1cnnn1C. The Morgan fingerprint density at radius 2 is 2.26 bits per heavy atom. The van der Waals surface area contributed by atoms with Gasteiger partial charge < -0.3 is 10.1 Å². The van der Waals surface area contributed by atoms with Gasteiger partial charge in [0.2, 0.25) is 0 Å². The molecule has 0 fully saturated rings. The van der Waals surface area contributed by atoms with E-state index in [-0.39, 0.29) is 6.04 Å². The normalized spacial score (nSPS) is 12.4. The second-order valence-electron chi connectivity index (χ2n) is 4.16. The lowest BCUT2D eigenvalue weighted by Gasteiger charge is -2.20. The van der Waals surface area contributed by atoms with Crippen molar-refractivity contribution in [2.45, 2.75) is 13.0 Å². The van der Waals surface area contributed by atoms with Gasteiger partial charge in [-0.3, -0.25) is 4.68 Å². The number of hydrogen-bond acceptors (Lipinski definition) is 4. The lowest BCUT2D eigenvalue weighted by Crippen LogP contribution is -2.24. The van der Waals surface area contributed by atoms with Gasteiger partial charge in [0.1, 0.15) is 5.75 Å². The van der Waals surface area contributed by atoms with Crippen molar-refractivity contribution in [3.63, 3.8) is 0 Å². The zero-order chi connectivity index (χ0) is 13.8. The summed E-state index contributed by atoms with van der Waals surface area (Å²) in [6, 6.07) is 5.53. The van der Waals surface area contributed by atoms with Gasteiger partial charge in [-0.1, -0.05) is 23.7 Å². The van der Waals surface area contributed by atoms with E-state index < -0.39 is 0 Å². The number of rotatable bonds is 5. The smallest absolute Gasteiger partial charge is 0.124 e. The Morgan fingerprint density at radius 3 is 2.84 bits per heavy atom. The summed E-state index contributed by atoms with van der Waals surface area (Å²) in [5.41, 5.74) is 1.93. The van der Waals surface area contributed by atoms with Crippen molar-refractivity contribution in [1.82, 2.24) is 20.3 Å². The summed E-state index contributed by atoms with van der Waals surface area (Å²) >= 11 is 6.10. The number of aryl methyl sites for hydroxylation is 1. The summed E-state index contributed by atoms with van der Waals surface area (Å²) in [5.74, 6) is 0.788. The third kappa shape index (κ3) is 2.88. The number of nitrogens with one attached hydrogen (secondary N) is 1. The van der Waals surface area contributed by atoms with Crippen LogP contribution in [0.4, 0.5) is 0 Å². The lowest BCUT2D eigenvalue weighted by atomic mass is 10.0. The molecule has 1 aromatic heterocycles. The van der Waals surface area contributed by atoms with E-state index >= 15 is 0 Å². The van der Waals surface area contributed by atoms with Gasteiger partial charge >= 0.3 is 0 Å². The molecule has 1 aromatic carbocycles. The highest BCUT2D eigenvalue weighted by atomic mass is 35.5. The quantitative estimate of drug-likeness (QED) is 0.912. The minimum Gasteiger partial charge on any atom is -0.496 e. The molecule has 19 heavy (non-hydrogen) atoms. The highest BCUT2D eigenvalue weighted by Crippen LogP contribution is 2.31. The third-order valence-electron chi connectivity index (χ3n) is 2.96. The fourth-order valence-electron chi connectivity index (χ4n) is 2.07. The van der Waals surface area contributed by atoms with E-state index in [4.69, 9.17) is 16.3 Å². The molecule has 0 radical (unpaired) electrons. The molecule has 0 saturated heterocycles. The average Bonchev–Trinajstić information content (AvgIpc) is 2.82. The van der Waals surface area contributed by atoms with Crippen molar-refractivity contribution in [3.05, 3.63) is 40.7 Å². The molecular weight excluding hydrogens is 264 g/mol.